The number of rotatable bonds is 5. The van der Waals surface area contributed by atoms with E-state index < -0.39 is 37.3 Å². The number of ether oxygens (including phenoxy) is 1. The van der Waals surface area contributed by atoms with Crippen molar-refractivity contribution in [3.63, 3.8) is 0 Å². The van der Waals surface area contributed by atoms with Crippen LogP contribution in [0.25, 0.3) is 5.69 Å². The molecule has 0 spiro atoms. The summed E-state index contributed by atoms with van der Waals surface area (Å²) < 4.78 is 54.0. The van der Waals surface area contributed by atoms with Crippen molar-refractivity contribution >= 4 is 8.32 Å². The van der Waals surface area contributed by atoms with Crippen molar-refractivity contribution in [2.45, 2.75) is 76.0 Å². The maximum absolute atomic E-state index is 13.5. The summed E-state index contributed by atoms with van der Waals surface area (Å²) in [6.45, 7) is 11.1. The van der Waals surface area contributed by atoms with Crippen molar-refractivity contribution in [1.29, 1.82) is 5.26 Å². The molecule has 1 fully saturated rings. The molecule has 2 atom stereocenters. The zero-order valence-corrected chi connectivity index (χ0v) is 20.9. The first-order valence-corrected chi connectivity index (χ1v) is 14.1. The van der Waals surface area contributed by atoms with Gasteiger partial charge in [0.05, 0.1) is 40.1 Å². The smallest absolute Gasteiger partial charge is 0.417 e. The number of alkyl halides is 3. The van der Waals surface area contributed by atoms with E-state index in [9.17, 15) is 23.4 Å². The molecule has 34 heavy (non-hydrogen) atoms. The van der Waals surface area contributed by atoms with Crippen molar-refractivity contribution in [3.8, 4) is 23.5 Å². The van der Waals surface area contributed by atoms with Crippen molar-refractivity contribution in [3.05, 3.63) is 40.5 Å². The Morgan fingerprint density at radius 3 is 2.50 bits per heavy atom. The molecular formula is C24H29F3N2O4Si. The number of hydrogen-bond donors (Lipinski definition) is 2. The average molecular weight is 495 g/mol. The minimum absolute atomic E-state index is 0.0279. The lowest BCUT2D eigenvalue weighted by atomic mass is 9.82. The largest absolute Gasteiger partial charge is 0.494 e. The van der Waals surface area contributed by atoms with Gasteiger partial charge in [-0.1, -0.05) is 20.8 Å². The fourth-order valence-corrected chi connectivity index (χ4v) is 5.75. The van der Waals surface area contributed by atoms with Gasteiger partial charge in [0.2, 0.25) is 11.8 Å². The highest BCUT2D eigenvalue weighted by atomic mass is 28.4. The zero-order chi connectivity index (χ0) is 25.3. The molecule has 1 saturated heterocycles. The normalized spacial score (nSPS) is 22.1. The van der Waals surface area contributed by atoms with Gasteiger partial charge < -0.3 is 19.4 Å². The quantitative estimate of drug-likeness (QED) is 0.480. The van der Waals surface area contributed by atoms with Gasteiger partial charge in [-0.3, -0.25) is 4.57 Å². The Morgan fingerprint density at radius 1 is 1.24 bits per heavy atom. The summed E-state index contributed by atoms with van der Waals surface area (Å²) in [7, 11) is -2.01. The molecule has 0 radical (unpaired) electrons. The molecule has 184 valence electrons. The summed E-state index contributed by atoms with van der Waals surface area (Å²) >= 11 is 0. The third-order valence-electron chi connectivity index (χ3n) is 7.58. The lowest BCUT2D eigenvalue weighted by molar-refractivity contribution is -0.137. The van der Waals surface area contributed by atoms with Gasteiger partial charge in [-0.15, -0.1) is 0 Å². The molecule has 1 aromatic heterocycles. The van der Waals surface area contributed by atoms with E-state index in [2.05, 4.69) is 33.9 Å². The molecular weight excluding hydrogens is 465 g/mol. The summed E-state index contributed by atoms with van der Waals surface area (Å²) in [4.78, 5) is 0. The van der Waals surface area contributed by atoms with E-state index in [0.717, 1.165) is 16.7 Å². The van der Waals surface area contributed by atoms with Crippen LogP contribution < -0.4 is 0 Å². The molecule has 3 heterocycles. The summed E-state index contributed by atoms with van der Waals surface area (Å²) in [6, 6.07) is 4.62. The Kier molecular flexibility index (Phi) is 5.63. The molecule has 2 bridgehead atoms. The van der Waals surface area contributed by atoms with Gasteiger partial charge >= 0.3 is 6.18 Å². The monoisotopic (exact) mass is 494 g/mol. The van der Waals surface area contributed by atoms with E-state index in [0.29, 0.717) is 37.0 Å². The molecule has 0 saturated carbocycles. The van der Waals surface area contributed by atoms with E-state index in [1.54, 1.807) is 0 Å². The highest BCUT2D eigenvalue weighted by Crippen LogP contribution is 2.63. The van der Waals surface area contributed by atoms with Gasteiger partial charge in [0, 0.05) is 13.0 Å². The van der Waals surface area contributed by atoms with E-state index in [1.807, 2.05) is 0 Å². The van der Waals surface area contributed by atoms with Crippen LogP contribution >= 0.6 is 0 Å². The van der Waals surface area contributed by atoms with Crippen LogP contribution in [-0.2, 0) is 20.9 Å². The third-order valence-corrected chi connectivity index (χ3v) is 12.1. The second kappa shape index (κ2) is 7.76. The molecule has 6 nitrogen and oxygen atoms in total. The maximum atomic E-state index is 13.5. The molecule has 2 N–H and O–H groups in total. The zero-order valence-electron chi connectivity index (χ0n) is 19.9. The Balaban J connectivity index is 1.72. The van der Waals surface area contributed by atoms with Gasteiger partial charge in [-0.05, 0) is 49.2 Å². The summed E-state index contributed by atoms with van der Waals surface area (Å²) in [5.41, 5.74) is -1.78. The van der Waals surface area contributed by atoms with Gasteiger partial charge in [0.15, 0.2) is 8.32 Å². The van der Waals surface area contributed by atoms with Crippen LogP contribution in [-0.4, -0.2) is 29.7 Å². The number of aromatic hydroxyl groups is 2. The Bertz CT molecular complexity index is 1180. The number of nitriles is 1. The summed E-state index contributed by atoms with van der Waals surface area (Å²) in [5, 5.41) is 31.2. The first kappa shape index (κ1) is 24.6. The second-order valence-electron chi connectivity index (χ2n) is 10.6. The van der Waals surface area contributed by atoms with Crippen molar-refractivity contribution in [1.82, 2.24) is 4.57 Å². The van der Waals surface area contributed by atoms with Crippen LogP contribution in [0.2, 0.25) is 18.1 Å². The van der Waals surface area contributed by atoms with E-state index >= 15 is 0 Å². The van der Waals surface area contributed by atoms with Crippen LogP contribution in [0.3, 0.4) is 0 Å². The van der Waals surface area contributed by atoms with Crippen molar-refractivity contribution < 1.29 is 32.5 Å². The standard InChI is InChI=1S/C24H29F3N2O4Si/c1-22(2,3)34(4,5)32-11-10-23-9-8-17(33-23)18-19(23)21(31)29(20(18)30)15-7-6-14(13-28)16(12-15)24(25,26)27/h6-7,12,17,30-31H,8-11H2,1-5H3/t17-,23-/m1/s1. The lowest BCUT2D eigenvalue weighted by Crippen LogP contribution is -2.41. The number of benzene rings is 1. The predicted molar refractivity (Wildman–Crippen MR) is 121 cm³/mol. The second-order valence-corrected chi connectivity index (χ2v) is 15.4. The molecule has 0 aliphatic carbocycles. The number of fused-ring (bicyclic) bond motifs is 5. The first-order valence-electron chi connectivity index (χ1n) is 11.2. The van der Waals surface area contributed by atoms with Gasteiger partial charge in [0.1, 0.15) is 5.60 Å². The van der Waals surface area contributed by atoms with E-state index in [1.165, 1.54) is 12.1 Å². The molecule has 2 aromatic rings. The predicted octanol–water partition coefficient (Wildman–Crippen LogP) is 6.25. The van der Waals surface area contributed by atoms with Crippen LogP contribution in [0.15, 0.2) is 18.2 Å². The number of nitrogens with zero attached hydrogens (tertiary/aromatic N) is 2. The summed E-state index contributed by atoms with van der Waals surface area (Å²) in [6.07, 6.45) is -3.50. The minimum Gasteiger partial charge on any atom is -0.494 e. The topological polar surface area (TPSA) is 87.6 Å². The molecule has 2 aliphatic rings. The Labute approximate surface area is 197 Å². The van der Waals surface area contributed by atoms with E-state index in [-0.39, 0.29) is 22.5 Å². The maximum Gasteiger partial charge on any atom is 0.417 e. The van der Waals surface area contributed by atoms with Crippen LogP contribution in [0.5, 0.6) is 11.8 Å². The van der Waals surface area contributed by atoms with Gasteiger partial charge in [0.25, 0.3) is 0 Å². The minimum atomic E-state index is -4.76. The molecule has 4 rings (SSSR count). The Morgan fingerprint density at radius 2 is 1.91 bits per heavy atom. The van der Waals surface area contributed by atoms with Gasteiger partial charge in [-0.25, -0.2) is 0 Å². The fourth-order valence-electron chi connectivity index (χ4n) is 4.70. The fraction of sp³-hybridized carbons (Fsp3) is 0.542. The molecule has 10 heteroatoms. The number of hydrogen-bond acceptors (Lipinski definition) is 5. The Hall–Kier alpha value is -2.48. The lowest BCUT2D eigenvalue weighted by Gasteiger charge is -2.37. The van der Waals surface area contributed by atoms with Crippen LogP contribution in [0.4, 0.5) is 13.2 Å². The highest BCUT2D eigenvalue weighted by Gasteiger charge is 2.56. The van der Waals surface area contributed by atoms with Crippen LogP contribution in [0, 0.1) is 11.3 Å². The van der Waals surface area contributed by atoms with E-state index in [4.69, 9.17) is 14.4 Å². The molecule has 2 aliphatic heterocycles. The SMILES string of the molecule is CC(C)(C)[Si](C)(C)OCC[C@@]12CC[C@@H](O1)c1c2c(O)n(-c2ccc(C#N)c(C(F)(F)F)c2)c1O. The summed E-state index contributed by atoms with van der Waals surface area (Å²) in [5.74, 6) is -0.693. The molecule has 1 aromatic carbocycles. The molecule has 0 unspecified atom stereocenters. The van der Waals surface area contributed by atoms with Crippen LogP contribution in [0.1, 0.15) is 68.4 Å². The van der Waals surface area contributed by atoms with Gasteiger partial charge in [-0.2, -0.15) is 18.4 Å². The number of aromatic nitrogens is 1. The van der Waals surface area contributed by atoms with Crippen molar-refractivity contribution in [2.24, 2.45) is 0 Å². The van der Waals surface area contributed by atoms with Crippen molar-refractivity contribution in [2.75, 3.05) is 6.61 Å². The number of halogens is 3. The highest BCUT2D eigenvalue weighted by molar-refractivity contribution is 6.74. The molecule has 0 amide bonds. The first-order chi connectivity index (χ1) is 15.6. The average Bonchev–Trinajstić information content (AvgIpc) is 3.36. The third kappa shape index (κ3) is 3.70.